The monoisotopic (exact) mass is 325 g/mol. The molecule has 22 heavy (non-hydrogen) atoms. The van der Waals surface area contributed by atoms with Crippen molar-refractivity contribution in [2.75, 3.05) is 24.2 Å². The molecule has 0 spiro atoms. The Morgan fingerprint density at radius 2 is 2.32 bits per heavy atom. The maximum absolute atomic E-state index is 12.3. The van der Waals surface area contributed by atoms with E-state index in [4.69, 9.17) is 0 Å². The van der Waals surface area contributed by atoms with Gasteiger partial charge in [-0.25, -0.2) is 12.7 Å². The van der Waals surface area contributed by atoms with Crippen molar-refractivity contribution in [3.63, 3.8) is 0 Å². The number of anilines is 1. The molecular weight excluding hydrogens is 302 g/mol. The van der Waals surface area contributed by atoms with Crippen LogP contribution in [-0.4, -0.2) is 42.5 Å². The van der Waals surface area contributed by atoms with Crippen LogP contribution in [0.1, 0.15) is 32.6 Å². The fourth-order valence-corrected chi connectivity index (χ4v) is 4.27. The molecule has 1 fully saturated rings. The minimum absolute atomic E-state index is 0.136. The summed E-state index contributed by atoms with van der Waals surface area (Å²) < 4.78 is 26.0. The molecule has 6 nitrogen and oxygen atoms in total. The van der Waals surface area contributed by atoms with E-state index in [0.29, 0.717) is 25.1 Å². The van der Waals surface area contributed by atoms with Crippen LogP contribution in [-0.2, 0) is 14.8 Å². The van der Waals surface area contributed by atoms with Gasteiger partial charge in [0.25, 0.3) is 0 Å². The Morgan fingerprint density at radius 3 is 3.00 bits per heavy atom. The predicted octanol–water partition coefficient (Wildman–Crippen LogP) is 1.86. The Labute approximate surface area is 132 Å². The van der Waals surface area contributed by atoms with E-state index in [1.165, 1.54) is 4.31 Å². The summed E-state index contributed by atoms with van der Waals surface area (Å²) in [7, 11) is -3.24. The van der Waals surface area contributed by atoms with Gasteiger partial charge in [-0.1, -0.05) is 13.3 Å². The fourth-order valence-electron chi connectivity index (χ4n) is 2.55. The lowest BCUT2D eigenvalue weighted by Gasteiger charge is -2.31. The minimum atomic E-state index is -3.24. The van der Waals surface area contributed by atoms with Crippen molar-refractivity contribution in [2.45, 2.75) is 32.6 Å². The predicted molar refractivity (Wildman–Crippen MR) is 85.9 cm³/mol. The van der Waals surface area contributed by atoms with Crippen LogP contribution < -0.4 is 5.32 Å². The number of pyridine rings is 1. The summed E-state index contributed by atoms with van der Waals surface area (Å²) in [5.41, 5.74) is 0.637. The van der Waals surface area contributed by atoms with Crippen molar-refractivity contribution in [2.24, 2.45) is 5.92 Å². The first-order valence-electron chi connectivity index (χ1n) is 7.71. The zero-order valence-corrected chi connectivity index (χ0v) is 13.7. The molecule has 1 aromatic rings. The Morgan fingerprint density at radius 1 is 1.50 bits per heavy atom. The van der Waals surface area contributed by atoms with Crippen molar-refractivity contribution in [1.29, 1.82) is 0 Å². The molecule has 1 atom stereocenters. The van der Waals surface area contributed by atoms with Crippen LogP contribution in [0.25, 0.3) is 0 Å². The molecule has 1 N–H and O–H groups in total. The van der Waals surface area contributed by atoms with E-state index in [2.05, 4.69) is 10.3 Å². The van der Waals surface area contributed by atoms with E-state index >= 15 is 0 Å². The highest BCUT2D eigenvalue weighted by Gasteiger charge is 2.31. The molecule has 122 valence electrons. The van der Waals surface area contributed by atoms with Gasteiger partial charge in [0.15, 0.2) is 0 Å². The summed E-state index contributed by atoms with van der Waals surface area (Å²) in [6, 6.07) is 3.52. The molecule has 2 rings (SSSR count). The third-order valence-electron chi connectivity index (χ3n) is 3.83. The van der Waals surface area contributed by atoms with Gasteiger partial charge < -0.3 is 5.32 Å². The maximum Gasteiger partial charge on any atom is 0.228 e. The summed E-state index contributed by atoms with van der Waals surface area (Å²) in [5.74, 6) is -0.269. The lowest BCUT2D eigenvalue weighted by Crippen LogP contribution is -2.44. The number of nitrogens with zero attached hydrogens (tertiary/aromatic N) is 2. The third-order valence-corrected chi connectivity index (χ3v) is 5.76. The average molecular weight is 325 g/mol. The Balaban J connectivity index is 1.96. The molecule has 1 amide bonds. The molecular formula is C15H23N3O3S. The lowest BCUT2D eigenvalue weighted by atomic mass is 9.99. The number of hydrogen-bond acceptors (Lipinski definition) is 4. The van der Waals surface area contributed by atoms with Crippen LogP contribution in [0.3, 0.4) is 0 Å². The number of piperidine rings is 1. The largest absolute Gasteiger partial charge is 0.324 e. The summed E-state index contributed by atoms with van der Waals surface area (Å²) in [6.07, 6.45) is 6.15. The van der Waals surface area contributed by atoms with Gasteiger partial charge in [-0.2, -0.15) is 0 Å². The lowest BCUT2D eigenvalue weighted by molar-refractivity contribution is -0.120. The summed E-state index contributed by atoms with van der Waals surface area (Å²) >= 11 is 0. The number of sulfonamides is 1. The highest BCUT2D eigenvalue weighted by Crippen LogP contribution is 2.21. The van der Waals surface area contributed by atoms with Gasteiger partial charge in [0, 0.05) is 19.3 Å². The first-order valence-corrected chi connectivity index (χ1v) is 9.32. The van der Waals surface area contributed by atoms with Crippen molar-refractivity contribution in [1.82, 2.24) is 9.29 Å². The smallest absolute Gasteiger partial charge is 0.228 e. The molecule has 1 saturated heterocycles. The highest BCUT2D eigenvalue weighted by molar-refractivity contribution is 7.89. The van der Waals surface area contributed by atoms with E-state index in [1.54, 1.807) is 24.5 Å². The number of carbonyl (C=O) groups is 1. The first kappa shape index (κ1) is 16.9. The second-order valence-corrected chi connectivity index (χ2v) is 7.69. The molecule has 0 aliphatic carbocycles. The number of rotatable bonds is 6. The normalized spacial score (nSPS) is 19.8. The van der Waals surface area contributed by atoms with Crippen LogP contribution in [0.4, 0.5) is 5.69 Å². The van der Waals surface area contributed by atoms with Gasteiger partial charge >= 0.3 is 0 Å². The van der Waals surface area contributed by atoms with Crippen LogP contribution in [0.2, 0.25) is 0 Å². The summed E-state index contributed by atoms with van der Waals surface area (Å²) in [6.45, 7) is 2.76. The molecule has 1 aromatic heterocycles. The fraction of sp³-hybridized carbons (Fsp3) is 0.600. The minimum Gasteiger partial charge on any atom is -0.324 e. The van der Waals surface area contributed by atoms with E-state index in [0.717, 1.165) is 12.8 Å². The Hall–Kier alpha value is -1.47. The summed E-state index contributed by atoms with van der Waals surface area (Å²) in [5, 5.41) is 2.80. The standard InChI is InChI=1S/C15H23N3O3S/c1-2-3-10-22(20,21)18-9-5-6-13(12-18)15(19)17-14-7-4-8-16-11-14/h4,7-8,11,13H,2-3,5-6,9-10,12H2,1H3,(H,17,19)/t13-/m0/s1. The molecule has 1 aliphatic rings. The van der Waals surface area contributed by atoms with Gasteiger partial charge in [0.2, 0.25) is 15.9 Å². The van der Waals surface area contributed by atoms with Crippen molar-refractivity contribution in [3.8, 4) is 0 Å². The van der Waals surface area contributed by atoms with Gasteiger partial charge in [-0.15, -0.1) is 0 Å². The molecule has 1 aliphatic heterocycles. The highest BCUT2D eigenvalue weighted by atomic mass is 32.2. The average Bonchev–Trinajstić information content (AvgIpc) is 2.54. The second-order valence-electron chi connectivity index (χ2n) is 5.60. The quantitative estimate of drug-likeness (QED) is 0.866. The molecule has 0 unspecified atom stereocenters. The summed E-state index contributed by atoms with van der Waals surface area (Å²) in [4.78, 5) is 16.2. The number of amides is 1. The number of unbranched alkanes of at least 4 members (excludes halogenated alkanes) is 1. The second kappa shape index (κ2) is 7.69. The zero-order valence-electron chi connectivity index (χ0n) is 12.9. The van der Waals surface area contributed by atoms with E-state index in [-0.39, 0.29) is 24.1 Å². The number of carbonyl (C=O) groups excluding carboxylic acids is 1. The molecule has 2 heterocycles. The van der Waals surface area contributed by atoms with Crippen molar-refractivity contribution in [3.05, 3.63) is 24.5 Å². The Bertz CT molecular complexity index is 589. The first-order chi connectivity index (χ1) is 10.5. The van der Waals surface area contributed by atoms with E-state index < -0.39 is 10.0 Å². The van der Waals surface area contributed by atoms with E-state index in [1.807, 2.05) is 6.92 Å². The van der Waals surface area contributed by atoms with E-state index in [9.17, 15) is 13.2 Å². The molecule has 0 radical (unpaired) electrons. The van der Waals surface area contributed by atoms with Crippen LogP contribution in [0, 0.1) is 5.92 Å². The van der Waals surface area contributed by atoms with Crippen molar-refractivity contribution >= 4 is 21.6 Å². The molecule has 0 saturated carbocycles. The zero-order chi connectivity index (χ0) is 16.0. The van der Waals surface area contributed by atoms with Gasteiger partial charge in [-0.05, 0) is 31.4 Å². The van der Waals surface area contributed by atoms with Crippen LogP contribution >= 0.6 is 0 Å². The third kappa shape index (κ3) is 4.51. The maximum atomic E-state index is 12.3. The van der Waals surface area contributed by atoms with Gasteiger partial charge in [0.1, 0.15) is 0 Å². The number of hydrogen-bond donors (Lipinski definition) is 1. The van der Waals surface area contributed by atoms with Crippen molar-refractivity contribution < 1.29 is 13.2 Å². The van der Waals surface area contributed by atoms with Gasteiger partial charge in [0.05, 0.1) is 23.6 Å². The Kier molecular flexibility index (Phi) is 5.90. The SMILES string of the molecule is CCCCS(=O)(=O)N1CCC[C@H](C(=O)Nc2cccnc2)C1. The molecule has 7 heteroatoms. The molecule has 0 aromatic carbocycles. The number of nitrogens with one attached hydrogen (secondary N) is 1. The topological polar surface area (TPSA) is 79.4 Å². The van der Waals surface area contributed by atoms with Gasteiger partial charge in [-0.3, -0.25) is 9.78 Å². The van der Waals surface area contributed by atoms with Crippen LogP contribution in [0.15, 0.2) is 24.5 Å². The number of aromatic nitrogens is 1. The molecule has 0 bridgehead atoms. The van der Waals surface area contributed by atoms with Crippen LogP contribution in [0.5, 0.6) is 0 Å².